The summed E-state index contributed by atoms with van der Waals surface area (Å²) in [4.78, 5) is 14.2. The zero-order chi connectivity index (χ0) is 16.8. The van der Waals surface area contributed by atoms with E-state index in [0.717, 1.165) is 56.4 Å². The van der Waals surface area contributed by atoms with E-state index in [1.54, 1.807) is 0 Å². The molecule has 24 heavy (non-hydrogen) atoms. The van der Waals surface area contributed by atoms with Gasteiger partial charge >= 0.3 is 6.03 Å². The van der Waals surface area contributed by atoms with Crippen molar-refractivity contribution in [1.29, 1.82) is 0 Å². The maximum atomic E-state index is 12.3. The number of unbranched alkanes of at least 4 members (excludes halogenated alkanes) is 1. The predicted molar refractivity (Wildman–Crippen MR) is 94.5 cm³/mol. The van der Waals surface area contributed by atoms with Crippen molar-refractivity contribution in [2.45, 2.75) is 45.1 Å². The summed E-state index contributed by atoms with van der Waals surface area (Å²) in [6, 6.07) is 7.52. The van der Waals surface area contributed by atoms with Gasteiger partial charge in [0.2, 0.25) is 0 Å². The number of urea groups is 1. The number of hydrogen-bond acceptors (Lipinski definition) is 3. The number of hydrogen-bond donors (Lipinski definition) is 1. The maximum Gasteiger partial charge on any atom is 0.321 e. The van der Waals surface area contributed by atoms with Crippen molar-refractivity contribution >= 4 is 11.7 Å². The number of ether oxygens (including phenoxy) is 2. The fourth-order valence-corrected chi connectivity index (χ4v) is 2.78. The predicted octanol–water partition coefficient (Wildman–Crippen LogP) is 3.90. The van der Waals surface area contributed by atoms with Crippen LogP contribution in [0.5, 0.6) is 5.75 Å². The van der Waals surface area contributed by atoms with Crippen molar-refractivity contribution in [2.24, 2.45) is 5.92 Å². The molecular weight excluding hydrogens is 304 g/mol. The molecular formula is C19H28N2O3. The van der Waals surface area contributed by atoms with Crippen molar-refractivity contribution in [3.8, 4) is 5.75 Å². The minimum absolute atomic E-state index is 0.0489. The second-order valence-corrected chi connectivity index (χ2v) is 6.79. The number of likely N-dealkylation sites (tertiary alicyclic amines) is 1. The highest BCUT2D eigenvalue weighted by Gasteiger charge is 2.29. The summed E-state index contributed by atoms with van der Waals surface area (Å²) in [5.74, 6) is 1.61. The third-order valence-electron chi connectivity index (χ3n) is 4.57. The highest BCUT2D eigenvalue weighted by Crippen LogP contribution is 2.30. The van der Waals surface area contributed by atoms with Crippen LogP contribution in [0.1, 0.15) is 39.0 Å². The van der Waals surface area contributed by atoms with Crippen LogP contribution in [0.3, 0.4) is 0 Å². The number of nitrogens with zero attached hydrogens (tertiary/aromatic N) is 1. The second-order valence-electron chi connectivity index (χ2n) is 6.79. The van der Waals surface area contributed by atoms with Crippen LogP contribution in [0.25, 0.3) is 0 Å². The van der Waals surface area contributed by atoms with Gasteiger partial charge in [-0.2, -0.15) is 0 Å². The highest BCUT2D eigenvalue weighted by molar-refractivity contribution is 5.89. The first-order chi connectivity index (χ1) is 11.7. The van der Waals surface area contributed by atoms with Crippen LogP contribution in [0.2, 0.25) is 0 Å². The Kier molecular flexibility index (Phi) is 5.96. The highest BCUT2D eigenvalue weighted by atomic mass is 16.5. The SMILES string of the molecule is CCCCOc1ccc(NC(=O)N2CCC(OCC3CC3)C2)cc1. The Morgan fingerprint density at radius 1 is 1.25 bits per heavy atom. The Morgan fingerprint density at radius 2 is 2.04 bits per heavy atom. The van der Waals surface area contributed by atoms with Crippen LogP contribution < -0.4 is 10.1 Å². The first kappa shape index (κ1) is 17.1. The molecule has 1 aromatic carbocycles. The zero-order valence-electron chi connectivity index (χ0n) is 14.5. The van der Waals surface area contributed by atoms with Gasteiger partial charge in [-0.25, -0.2) is 4.79 Å². The molecule has 0 aromatic heterocycles. The smallest absolute Gasteiger partial charge is 0.321 e. The van der Waals surface area contributed by atoms with Crippen LogP contribution in [0.4, 0.5) is 10.5 Å². The largest absolute Gasteiger partial charge is 0.494 e. The van der Waals surface area contributed by atoms with Crippen molar-refractivity contribution in [3.63, 3.8) is 0 Å². The lowest BCUT2D eigenvalue weighted by molar-refractivity contribution is 0.0543. The summed E-state index contributed by atoms with van der Waals surface area (Å²) in [7, 11) is 0. The molecule has 1 saturated heterocycles. The molecule has 5 heteroatoms. The van der Waals surface area contributed by atoms with E-state index in [9.17, 15) is 4.79 Å². The normalized spacial score (nSPS) is 20.2. The van der Waals surface area contributed by atoms with Crippen LogP contribution >= 0.6 is 0 Å². The van der Waals surface area contributed by atoms with Crippen molar-refractivity contribution < 1.29 is 14.3 Å². The lowest BCUT2D eigenvalue weighted by Crippen LogP contribution is -2.34. The molecule has 1 aliphatic carbocycles. The number of anilines is 1. The van der Waals surface area contributed by atoms with Gasteiger partial charge in [0, 0.05) is 25.4 Å². The van der Waals surface area contributed by atoms with Gasteiger partial charge in [0.1, 0.15) is 5.75 Å². The van der Waals surface area contributed by atoms with Gasteiger partial charge in [-0.05, 0) is 55.9 Å². The molecule has 0 bridgehead atoms. The summed E-state index contributed by atoms with van der Waals surface area (Å²) in [5.41, 5.74) is 0.796. The van der Waals surface area contributed by atoms with E-state index in [0.29, 0.717) is 6.54 Å². The Labute approximate surface area is 144 Å². The quantitative estimate of drug-likeness (QED) is 0.735. The standard InChI is InChI=1S/C19H28N2O3/c1-2-3-12-23-17-8-6-16(7-9-17)20-19(22)21-11-10-18(13-21)24-14-15-4-5-15/h6-9,15,18H,2-5,10-14H2,1H3,(H,20,22). The number of rotatable bonds is 8. The summed E-state index contributed by atoms with van der Waals surface area (Å²) in [5, 5.41) is 2.95. The molecule has 1 N–H and O–H groups in total. The molecule has 0 radical (unpaired) electrons. The average molecular weight is 332 g/mol. The molecule has 1 atom stereocenters. The molecule has 1 unspecified atom stereocenters. The van der Waals surface area contributed by atoms with E-state index in [1.807, 2.05) is 29.2 Å². The zero-order valence-corrected chi connectivity index (χ0v) is 14.5. The third-order valence-corrected chi connectivity index (χ3v) is 4.57. The number of benzene rings is 1. The summed E-state index contributed by atoms with van der Waals surface area (Å²) >= 11 is 0. The molecule has 2 aliphatic rings. The molecule has 2 amide bonds. The fraction of sp³-hybridized carbons (Fsp3) is 0.632. The van der Waals surface area contributed by atoms with Gasteiger partial charge < -0.3 is 19.7 Å². The summed E-state index contributed by atoms with van der Waals surface area (Å²) in [6.07, 6.45) is 5.91. The lowest BCUT2D eigenvalue weighted by Gasteiger charge is -2.17. The molecule has 1 aliphatic heterocycles. The molecule has 132 valence electrons. The van der Waals surface area contributed by atoms with Crippen LogP contribution in [-0.4, -0.2) is 43.3 Å². The van der Waals surface area contributed by atoms with Crippen LogP contribution in [0.15, 0.2) is 24.3 Å². The van der Waals surface area contributed by atoms with Gasteiger partial charge in [0.25, 0.3) is 0 Å². The lowest BCUT2D eigenvalue weighted by atomic mass is 10.3. The van der Waals surface area contributed by atoms with E-state index >= 15 is 0 Å². The number of carbonyl (C=O) groups excluding carboxylic acids is 1. The Hall–Kier alpha value is -1.75. The molecule has 1 saturated carbocycles. The van der Waals surface area contributed by atoms with Crippen LogP contribution in [0, 0.1) is 5.92 Å². The topological polar surface area (TPSA) is 50.8 Å². The van der Waals surface area contributed by atoms with E-state index in [2.05, 4.69) is 12.2 Å². The van der Waals surface area contributed by atoms with E-state index < -0.39 is 0 Å². The van der Waals surface area contributed by atoms with Crippen LogP contribution in [-0.2, 0) is 4.74 Å². The minimum atomic E-state index is -0.0489. The number of carbonyl (C=O) groups is 1. The van der Waals surface area contributed by atoms with Gasteiger partial charge in [0.05, 0.1) is 12.7 Å². The second kappa shape index (κ2) is 8.38. The average Bonchev–Trinajstić information content (AvgIpc) is 3.30. The molecule has 1 heterocycles. The summed E-state index contributed by atoms with van der Waals surface area (Å²) in [6.45, 7) is 5.19. The van der Waals surface area contributed by atoms with E-state index in [4.69, 9.17) is 9.47 Å². The monoisotopic (exact) mass is 332 g/mol. The van der Waals surface area contributed by atoms with Gasteiger partial charge in [0.15, 0.2) is 0 Å². The number of amides is 2. The summed E-state index contributed by atoms with van der Waals surface area (Å²) < 4.78 is 11.5. The Morgan fingerprint density at radius 3 is 2.75 bits per heavy atom. The Bertz CT molecular complexity index is 528. The molecule has 5 nitrogen and oxygen atoms in total. The van der Waals surface area contributed by atoms with E-state index in [-0.39, 0.29) is 12.1 Å². The molecule has 3 rings (SSSR count). The minimum Gasteiger partial charge on any atom is -0.494 e. The number of nitrogens with one attached hydrogen (secondary N) is 1. The third kappa shape index (κ3) is 5.13. The Balaban J connectivity index is 1.41. The van der Waals surface area contributed by atoms with Crippen molar-refractivity contribution in [2.75, 3.05) is 31.6 Å². The first-order valence-electron chi connectivity index (χ1n) is 9.15. The molecule has 2 fully saturated rings. The van der Waals surface area contributed by atoms with Gasteiger partial charge in [-0.15, -0.1) is 0 Å². The molecule has 1 aromatic rings. The first-order valence-corrected chi connectivity index (χ1v) is 9.15. The fourth-order valence-electron chi connectivity index (χ4n) is 2.78. The van der Waals surface area contributed by atoms with Crippen molar-refractivity contribution in [1.82, 2.24) is 4.90 Å². The van der Waals surface area contributed by atoms with Gasteiger partial charge in [-0.1, -0.05) is 13.3 Å². The van der Waals surface area contributed by atoms with Crippen molar-refractivity contribution in [3.05, 3.63) is 24.3 Å². The maximum absolute atomic E-state index is 12.3. The molecule has 0 spiro atoms. The van der Waals surface area contributed by atoms with Gasteiger partial charge in [-0.3, -0.25) is 0 Å². The van der Waals surface area contributed by atoms with E-state index in [1.165, 1.54) is 12.8 Å².